The van der Waals surface area contributed by atoms with Crippen LogP contribution in [0.3, 0.4) is 0 Å². The van der Waals surface area contributed by atoms with E-state index >= 15 is 0 Å². The number of benzene rings is 1. The zero-order valence-corrected chi connectivity index (χ0v) is 21.6. The molecule has 1 aliphatic heterocycles. The van der Waals surface area contributed by atoms with E-state index in [9.17, 15) is 13.6 Å². The predicted molar refractivity (Wildman–Crippen MR) is 132 cm³/mol. The smallest absolute Gasteiger partial charge is 0.410 e. The molecule has 1 atom stereocenters. The molecule has 1 fully saturated rings. The monoisotopic (exact) mass is 569 g/mol. The summed E-state index contributed by atoms with van der Waals surface area (Å²) in [5, 5.41) is 6.52. The van der Waals surface area contributed by atoms with Gasteiger partial charge in [0.05, 0.1) is 5.69 Å². The number of alkyl halides is 2. The predicted octanol–water partition coefficient (Wildman–Crippen LogP) is 3.52. The standard InChI is InChI=1S/C21H33F2N5O3.HI/c1-21(2,3)31-20(29)27(5)13-11-25-19(24-4)26-15-10-12-28(14-15)16-8-6-7-9-17(16)30-18(22)23;/h6-9,15,18H,10-14H2,1-5H3,(H2,24,25,26);1H. The zero-order chi connectivity index (χ0) is 23.0. The maximum atomic E-state index is 12.7. The van der Waals surface area contributed by atoms with E-state index in [0.717, 1.165) is 6.42 Å². The third-order valence-electron chi connectivity index (χ3n) is 4.62. The number of rotatable bonds is 7. The summed E-state index contributed by atoms with van der Waals surface area (Å²) in [6, 6.07) is 6.89. The second-order valence-electron chi connectivity index (χ2n) is 8.32. The zero-order valence-electron chi connectivity index (χ0n) is 19.2. The van der Waals surface area contributed by atoms with Gasteiger partial charge in [-0.15, -0.1) is 24.0 Å². The molecule has 8 nitrogen and oxygen atoms in total. The molecule has 1 unspecified atom stereocenters. The lowest BCUT2D eigenvalue weighted by atomic mass is 10.2. The van der Waals surface area contributed by atoms with E-state index in [0.29, 0.717) is 37.8 Å². The molecule has 0 bridgehead atoms. The highest BCUT2D eigenvalue weighted by atomic mass is 127. The number of ether oxygens (including phenoxy) is 2. The lowest BCUT2D eigenvalue weighted by Gasteiger charge is -2.25. The summed E-state index contributed by atoms with van der Waals surface area (Å²) < 4.78 is 35.3. The number of carbonyl (C=O) groups is 1. The number of hydrogen-bond acceptors (Lipinski definition) is 5. The van der Waals surface area contributed by atoms with Gasteiger partial charge < -0.3 is 29.9 Å². The summed E-state index contributed by atoms with van der Waals surface area (Å²) in [6.07, 6.45) is 0.440. The number of hydrogen-bond donors (Lipinski definition) is 2. The first-order valence-electron chi connectivity index (χ1n) is 10.3. The van der Waals surface area contributed by atoms with Crippen LogP contribution in [0.1, 0.15) is 27.2 Å². The normalized spacial score (nSPS) is 16.4. The Kier molecular flexibility index (Phi) is 11.2. The lowest BCUT2D eigenvalue weighted by Crippen LogP contribution is -2.47. The van der Waals surface area contributed by atoms with Crippen molar-refractivity contribution >= 4 is 41.7 Å². The second kappa shape index (κ2) is 12.9. The molecule has 1 heterocycles. The fraction of sp³-hybridized carbons (Fsp3) is 0.619. The van der Waals surface area contributed by atoms with Gasteiger partial charge in [0.2, 0.25) is 0 Å². The van der Waals surface area contributed by atoms with Crippen molar-refractivity contribution in [2.75, 3.05) is 45.2 Å². The average molecular weight is 569 g/mol. The van der Waals surface area contributed by atoms with Crippen molar-refractivity contribution in [1.29, 1.82) is 0 Å². The molecule has 2 rings (SSSR count). The molecule has 0 saturated carbocycles. The average Bonchev–Trinajstić information content (AvgIpc) is 3.14. The Morgan fingerprint density at radius 3 is 2.66 bits per heavy atom. The third kappa shape index (κ3) is 9.21. The van der Waals surface area contributed by atoms with E-state index in [-0.39, 0.29) is 41.9 Å². The maximum Gasteiger partial charge on any atom is 0.410 e. The molecule has 2 N–H and O–H groups in total. The Morgan fingerprint density at radius 1 is 1.34 bits per heavy atom. The molecule has 1 aromatic rings. The molecule has 1 saturated heterocycles. The van der Waals surface area contributed by atoms with Gasteiger partial charge in [-0.25, -0.2) is 4.79 Å². The van der Waals surface area contributed by atoms with E-state index in [1.54, 1.807) is 38.4 Å². The number of anilines is 1. The number of aliphatic imine (C=N–C) groups is 1. The van der Waals surface area contributed by atoms with E-state index in [2.05, 4.69) is 20.4 Å². The van der Waals surface area contributed by atoms with Gasteiger partial charge in [-0.3, -0.25) is 4.99 Å². The van der Waals surface area contributed by atoms with Gasteiger partial charge in [-0.2, -0.15) is 8.78 Å². The summed E-state index contributed by atoms with van der Waals surface area (Å²) in [5.41, 5.74) is 0.109. The van der Waals surface area contributed by atoms with E-state index in [1.807, 2.05) is 25.7 Å². The van der Waals surface area contributed by atoms with Crippen LogP contribution in [0, 0.1) is 0 Å². The van der Waals surface area contributed by atoms with Crippen LogP contribution in [-0.2, 0) is 4.74 Å². The molecule has 1 amide bonds. The minimum absolute atomic E-state index is 0. The summed E-state index contributed by atoms with van der Waals surface area (Å²) in [4.78, 5) is 19.8. The van der Waals surface area contributed by atoms with Gasteiger partial charge in [0.25, 0.3) is 0 Å². The Hall–Kier alpha value is -2.05. The first-order chi connectivity index (χ1) is 14.6. The van der Waals surface area contributed by atoms with Crippen LogP contribution >= 0.6 is 24.0 Å². The lowest BCUT2D eigenvalue weighted by molar-refractivity contribution is -0.0495. The van der Waals surface area contributed by atoms with Crippen LogP contribution in [0.5, 0.6) is 5.75 Å². The van der Waals surface area contributed by atoms with Crippen molar-refractivity contribution in [3.05, 3.63) is 24.3 Å². The van der Waals surface area contributed by atoms with Gasteiger partial charge in [0.1, 0.15) is 11.4 Å². The fourth-order valence-electron chi connectivity index (χ4n) is 3.17. The van der Waals surface area contributed by atoms with Crippen molar-refractivity contribution in [3.63, 3.8) is 0 Å². The summed E-state index contributed by atoms with van der Waals surface area (Å²) >= 11 is 0. The molecule has 32 heavy (non-hydrogen) atoms. The highest BCUT2D eigenvalue weighted by Crippen LogP contribution is 2.31. The molecule has 0 radical (unpaired) electrons. The Balaban J connectivity index is 0.00000512. The van der Waals surface area contributed by atoms with E-state index in [4.69, 9.17) is 4.74 Å². The van der Waals surface area contributed by atoms with Crippen LogP contribution in [0.25, 0.3) is 0 Å². The molecule has 182 valence electrons. The summed E-state index contributed by atoms with van der Waals surface area (Å²) in [5.74, 6) is 0.785. The highest BCUT2D eigenvalue weighted by Gasteiger charge is 2.26. The molecule has 1 aliphatic rings. The minimum atomic E-state index is -2.86. The highest BCUT2D eigenvalue weighted by molar-refractivity contribution is 14.0. The number of halogens is 3. The minimum Gasteiger partial charge on any atom is -0.444 e. The number of guanidine groups is 1. The molecule has 11 heteroatoms. The van der Waals surface area contributed by atoms with Crippen molar-refractivity contribution in [2.45, 2.75) is 45.4 Å². The Labute approximate surface area is 205 Å². The number of nitrogens with one attached hydrogen (secondary N) is 2. The largest absolute Gasteiger partial charge is 0.444 e. The van der Waals surface area contributed by atoms with Crippen LogP contribution in [-0.4, -0.2) is 75.5 Å². The molecular weight excluding hydrogens is 535 g/mol. The third-order valence-corrected chi connectivity index (χ3v) is 4.62. The fourth-order valence-corrected chi connectivity index (χ4v) is 3.17. The molecule has 0 aliphatic carbocycles. The SMILES string of the molecule is CN=C(NCCN(C)C(=O)OC(C)(C)C)NC1CCN(c2ccccc2OC(F)F)C1.I. The van der Waals surface area contributed by atoms with Crippen LogP contribution in [0.4, 0.5) is 19.3 Å². The van der Waals surface area contributed by atoms with E-state index < -0.39 is 12.2 Å². The first-order valence-corrected chi connectivity index (χ1v) is 10.3. The van der Waals surface area contributed by atoms with Gasteiger partial charge in [0, 0.05) is 46.3 Å². The molecule has 0 spiro atoms. The van der Waals surface area contributed by atoms with Crippen molar-refractivity contribution in [3.8, 4) is 5.75 Å². The van der Waals surface area contributed by atoms with Crippen LogP contribution < -0.4 is 20.3 Å². The number of nitrogens with zero attached hydrogens (tertiary/aromatic N) is 3. The van der Waals surface area contributed by atoms with Crippen molar-refractivity contribution in [2.24, 2.45) is 4.99 Å². The van der Waals surface area contributed by atoms with E-state index in [1.165, 1.54) is 4.90 Å². The molecular formula is C21H34F2IN5O3. The van der Waals surface area contributed by atoms with Gasteiger partial charge >= 0.3 is 12.7 Å². The van der Waals surface area contributed by atoms with Crippen LogP contribution in [0.15, 0.2) is 29.3 Å². The number of carbonyl (C=O) groups excluding carboxylic acids is 1. The molecule has 0 aromatic heterocycles. The topological polar surface area (TPSA) is 78.4 Å². The summed E-state index contributed by atoms with van der Waals surface area (Å²) in [6.45, 7) is 4.89. The quantitative estimate of drug-likeness (QED) is 0.298. The van der Waals surface area contributed by atoms with Gasteiger partial charge in [0.15, 0.2) is 5.96 Å². The van der Waals surface area contributed by atoms with Crippen molar-refractivity contribution < 1.29 is 23.0 Å². The molecule has 1 aromatic carbocycles. The summed E-state index contributed by atoms with van der Waals surface area (Å²) in [7, 11) is 3.35. The van der Waals surface area contributed by atoms with Crippen molar-refractivity contribution in [1.82, 2.24) is 15.5 Å². The van der Waals surface area contributed by atoms with Gasteiger partial charge in [-0.1, -0.05) is 12.1 Å². The number of likely N-dealkylation sites (N-methyl/N-ethyl adjacent to an activating group) is 1. The Morgan fingerprint density at radius 2 is 2.03 bits per heavy atom. The van der Waals surface area contributed by atoms with Crippen LogP contribution in [0.2, 0.25) is 0 Å². The van der Waals surface area contributed by atoms with Gasteiger partial charge in [-0.05, 0) is 39.3 Å². The number of amides is 1. The Bertz CT molecular complexity index is 761. The second-order valence-corrected chi connectivity index (χ2v) is 8.32. The maximum absolute atomic E-state index is 12.7. The first kappa shape index (κ1) is 28.0. The number of para-hydroxylation sites is 2.